The van der Waals surface area contributed by atoms with Crippen LogP contribution in [-0.2, 0) is 0 Å². The SMILES string of the molecule is O=Cc1ccc(Oc2cccc(S(F)(F)(F)(F)F)c2)cc1. The Morgan fingerprint density at radius 2 is 1.48 bits per heavy atom. The van der Waals surface area contributed by atoms with Gasteiger partial charge in [-0.05, 0) is 36.4 Å². The van der Waals surface area contributed by atoms with Gasteiger partial charge in [0.1, 0.15) is 22.7 Å². The summed E-state index contributed by atoms with van der Waals surface area (Å²) >= 11 is 0. The minimum Gasteiger partial charge on any atom is -0.457 e. The van der Waals surface area contributed by atoms with Gasteiger partial charge in [0.05, 0.1) is 0 Å². The summed E-state index contributed by atoms with van der Waals surface area (Å²) in [7, 11) is -9.73. The normalized spacial score (nSPS) is 14.9. The molecule has 114 valence electrons. The topological polar surface area (TPSA) is 26.3 Å². The molecule has 0 atom stereocenters. The lowest BCUT2D eigenvalue weighted by atomic mass is 10.2. The quantitative estimate of drug-likeness (QED) is 0.513. The fraction of sp³-hybridized carbons (Fsp3) is 0. The van der Waals surface area contributed by atoms with Crippen molar-refractivity contribution >= 4 is 16.5 Å². The van der Waals surface area contributed by atoms with Crippen LogP contribution in [0, 0.1) is 0 Å². The Morgan fingerprint density at radius 1 is 0.857 bits per heavy atom. The van der Waals surface area contributed by atoms with Crippen molar-refractivity contribution in [3.63, 3.8) is 0 Å². The molecule has 2 rings (SSSR count). The molecular formula is C13H9F5O2S. The van der Waals surface area contributed by atoms with Crippen LogP contribution in [0.3, 0.4) is 0 Å². The molecule has 0 bridgehead atoms. The van der Waals surface area contributed by atoms with Crippen LogP contribution < -0.4 is 4.74 Å². The van der Waals surface area contributed by atoms with Gasteiger partial charge < -0.3 is 4.74 Å². The molecule has 0 aliphatic heterocycles. The molecular weight excluding hydrogens is 315 g/mol. The predicted octanol–water partition coefficient (Wildman–Crippen LogP) is 5.95. The highest BCUT2D eigenvalue weighted by Crippen LogP contribution is 3.02. The van der Waals surface area contributed by atoms with Crippen LogP contribution in [0.1, 0.15) is 10.4 Å². The van der Waals surface area contributed by atoms with E-state index in [1.54, 1.807) is 0 Å². The van der Waals surface area contributed by atoms with E-state index in [2.05, 4.69) is 0 Å². The molecule has 0 saturated carbocycles. The Balaban J connectivity index is 2.32. The lowest BCUT2D eigenvalue weighted by Crippen LogP contribution is -2.05. The van der Waals surface area contributed by atoms with E-state index in [1.807, 2.05) is 0 Å². The number of halogens is 5. The fourth-order valence-corrected chi connectivity index (χ4v) is 2.20. The van der Waals surface area contributed by atoms with Crippen molar-refractivity contribution in [1.29, 1.82) is 0 Å². The maximum atomic E-state index is 12.7. The summed E-state index contributed by atoms with van der Waals surface area (Å²) in [6.45, 7) is 0. The number of hydrogen-bond donors (Lipinski definition) is 0. The van der Waals surface area contributed by atoms with Crippen LogP contribution in [0.2, 0.25) is 0 Å². The summed E-state index contributed by atoms with van der Waals surface area (Å²) in [5.74, 6) is -0.250. The van der Waals surface area contributed by atoms with E-state index in [4.69, 9.17) is 4.74 Å². The third kappa shape index (κ3) is 3.94. The van der Waals surface area contributed by atoms with Gasteiger partial charge in [-0.25, -0.2) is 0 Å². The highest BCUT2D eigenvalue weighted by molar-refractivity contribution is 8.45. The molecule has 0 aliphatic carbocycles. The van der Waals surface area contributed by atoms with Crippen molar-refractivity contribution < 1.29 is 29.0 Å². The van der Waals surface area contributed by atoms with Gasteiger partial charge in [-0.1, -0.05) is 25.5 Å². The molecule has 2 aromatic rings. The van der Waals surface area contributed by atoms with Crippen molar-refractivity contribution in [2.75, 3.05) is 0 Å². The van der Waals surface area contributed by atoms with E-state index >= 15 is 0 Å². The molecule has 21 heavy (non-hydrogen) atoms. The van der Waals surface area contributed by atoms with Gasteiger partial charge in [0.2, 0.25) is 0 Å². The number of carbonyl (C=O) groups is 1. The van der Waals surface area contributed by atoms with E-state index in [1.165, 1.54) is 24.3 Å². The first-order valence-corrected chi connectivity index (χ1v) is 7.50. The maximum absolute atomic E-state index is 12.7. The van der Waals surface area contributed by atoms with Gasteiger partial charge in [-0.2, -0.15) is 0 Å². The number of ether oxygens (including phenoxy) is 1. The average molecular weight is 324 g/mol. The summed E-state index contributed by atoms with van der Waals surface area (Å²) in [4.78, 5) is 8.44. The maximum Gasteiger partial charge on any atom is 0.310 e. The Morgan fingerprint density at radius 3 is 2.00 bits per heavy atom. The Kier molecular flexibility index (Phi) is 3.06. The number of aldehydes is 1. The Bertz CT molecular complexity index is 680. The zero-order chi connectivity index (χ0) is 15.8. The van der Waals surface area contributed by atoms with Gasteiger partial charge in [0.15, 0.2) is 0 Å². The fourth-order valence-electron chi connectivity index (χ4n) is 1.53. The molecule has 0 N–H and O–H groups in total. The van der Waals surface area contributed by atoms with Crippen LogP contribution in [0.5, 0.6) is 11.5 Å². The smallest absolute Gasteiger partial charge is 0.310 e. The molecule has 0 heterocycles. The molecule has 0 unspecified atom stereocenters. The van der Waals surface area contributed by atoms with E-state index in [-0.39, 0.29) is 17.6 Å². The summed E-state index contributed by atoms with van der Waals surface area (Å²) in [5, 5.41) is 0. The molecule has 0 fully saturated rings. The highest BCUT2D eigenvalue weighted by atomic mass is 32.5. The van der Waals surface area contributed by atoms with Gasteiger partial charge >= 0.3 is 10.2 Å². The van der Waals surface area contributed by atoms with E-state index in [0.717, 1.165) is 12.1 Å². The second-order valence-corrected chi connectivity index (χ2v) is 6.64. The minimum absolute atomic E-state index is 0.125. The zero-order valence-electron chi connectivity index (χ0n) is 10.3. The highest BCUT2D eigenvalue weighted by Gasteiger charge is 2.65. The zero-order valence-corrected chi connectivity index (χ0v) is 11.1. The van der Waals surface area contributed by atoms with E-state index < -0.39 is 15.1 Å². The first-order chi connectivity index (χ1) is 9.47. The van der Waals surface area contributed by atoms with Gasteiger partial charge in [0, 0.05) is 11.6 Å². The first-order valence-electron chi connectivity index (χ1n) is 5.55. The van der Waals surface area contributed by atoms with Crippen LogP contribution in [0.15, 0.2) is 53.4 Å². The number of hydrogen-bond acceptors (Lipinski definition) is 2. The van der Waals surface area contributed by atoms with Crippen molar-refractivity contribution in [1.82, 2.24) is 0 Å². The number of rotatable bonds is 4. The Labute approximate surface area is 116 Å². The van der Waals surface area contributed by atoms with Crippen LogP contribution in [0.25, 0.3) is 0 Å². The molecule has 0 aromatic heterocycles. The van der Waals surface area contributed by atoms with Gasteiger partial charge in [-0.3, -0.25) is 4.79 Å². The van der Waals surface area contributed by atoms with Gasteiger partial charge in [0.25, 0.3) is 0 Å². The average Bonchev–Trinajstić information content (AvgIpc) is 2.37. The molecule has 0 amide bonds. The third-order valence-corrected chi connectivity index (χ3v) is 3.65. The Hall–Kier alpha value is -2.09. The lowest BCUT2D eigenvalue weighted by Gasteiger charge is -2.40. The summed E-state index contributed by atoms with van der Waals surface area (Å²) in [5.41, 5.74) is 0.350. The molecule has 2 aromatic carbocycles. The van der Waals surface area contributed by atoms with Crippen molar-refractivity contribution in [2.45, 2.75) is 4.90 Å². The largest absolute Gasteiger partial charge is 0.457 e. The third-order valence-electron chi connectivity index (χ3n) is 2.50. The summed E-state index contributed by atoms with van der Waals surface area (Å²) < 4.78 is 68.4. The second kappa shape index (κ2) is 4.20. The van der Waals surface area contributed by atoms with E-state index in [9.17, 15) is 24.2 Å². The predicted molar refractivity (Wildman–Crippen MR) is 69.7 cm³/mol. The van der Waals surface area contributed by atoms with E-state index in [0.29, 0.717) is 17.9 Å². The molecule has 8 heteroatoms. The van der Waals surface area contributed by atoms with Crippen molar-refractivity contribution in [3.05, 3.63) is 54.1 Å². The van der Waals surface area contributed by atoms with Crippen molar-refractivity contribution in [2.24, 2.45) is 0 Å². The molecule has 0 saturated heterocycles. The monoisotopic (exact) mass is 324 g/mol. The minimum atomic E-state index is -9.73. The first kappa shape index (κ1) is 15.3. The van der Waals surface area contributed by atoms with Gasteiger partial charge in [-0.15, -0.1) is 0 Å². The molecule has 2 nitrogen and oxygen atoms in total. The number of carbonyl (C=O) groups excluding carboxylic acids is 1. The lowest BCUT2D eigenvalue weighted by molar-refractivity contribution is 0.112. The van der Waals surface area contributed by atoms with Crippen LogP contribution in [-0.4, -0.2) is 6.29 Å². The molecule has 0 aliphatic rings. The molecule has 0 radical (unpaired) electrons. The second-order valence-electron chi connectivity index (χ2n) is 4.23. The summed E-state index contributed by atoms with van der Waals surface area (Å²) in [6, 6.07) is 7.96. The standard InChI is InChI=1S/C13H9F5O2S/c14-21(15,16,17,18)13-3-1-2-12(8-13)20-11-6-4-10(9-19)5-7-11/h1-9H. The van der Waals surface area contributed by atoms with Crippen LogP contribution >= 0.6 is 10.2 Å². The molecule has 0 spiro atoms. The van der Waals surface area contributed by atoms with Crippen molar-refractivity contribution in [3.8, 4) is 11.5 Å². The van der Waals surface area contributed by atoms with Crippen LogP contribution in [0.4, 0.5) is 19.4 Å². The summed E-state index contributed by atoms with van der Waals surface area (Å²) in [6.07, 6.45) is 0.582. The number of benzene rings is 2.